The minimum atomic E-state index is -0.852. The topological polar surface area (TPSA) is 131 Å². The first-order valence-corrected chi connectivity index (χ1v) is 13.4. The minimum absolute atomic E-state index is 0.0752. The van der Waals surface area contributed by atoms with Gasteiger partial charge in [0.1, 0.15) is 11.5 Å². The minimum Gasteiger partial charge on any atom is -0.508 e. The fourth-order valence-electron chi connectivity index (χ4n) is 4.58. The Morgan fingerprint density at radius 2 is 1.56 bits per heavy atom. The normalized spacial score (nSPS) is 12.0. The third kappa shape index (κ3) is 8.17. The van der Waals surface area contributed by atoms with Crippen molar-refractivity contribution in [2.24, 2.45) is 0 Å². The molecule has 0 radical (unpaired) electrons. The number of anilines is 1. The maximum absolute atomic E-state index is 12.9. The molecule has 0 bridgehead atoms. The number of aromatic hydroxyl groups is 2. The summed E-state index contributed by atoms with van der Waals surface area (Å²) in [7, 11) is 0. The van der Waals surface area contributed by atoms with Crippen molar-refractivity contribution >= 4 is 18.0 Å². The van der Waals surface area contributed by atoms with Crippen LogP contribution >= 0.6 is 0 Å². The molecule has 0 saturated carbocycles. The van der Waals surface area contributed by atoms with Gasteiger partial charge in [0.2, 0.25) is 6.41 Å². The quantitative estimate of drug-likeness (QED) is 0.109. The van der Waals surface area contributed by atoms with Crippen LogP contribution in [-0.4, -0.2) is 39.7 Å². The molecule has 0 aliphatic carbocycles. The van der Waals surface area contributed by atoms with Gasteiger partial charge in [0, 0.05) is 24.2 Å². The van der Waals surface area contributed by atoms with Crippen LogP contribution < -0.4 is 16.0 Å². The lowest BCUT2D eigenvalue weighted by Gasteiger charge is -2.28. The van der Waals surface area contributed by atoms with E-state index in [1.54, 1.807) is 24.3 Å². The van der Waals surface area contributed by atoms with E-state index in [1.165, 1.54) is 12.1 Å². The lowest BCUT2D eigenvalue weighted by atomic mass is 9.93. The Balaban J connectivity index is 1.31. The number of rotatable bonds is 12. The molecule has 6 N–H and O–H groups in total. The number of carbonyl (C=O) groups is 2. The average molecular weight is 554 g/mol. The van der Waals surface area contributed by atoms with Crippen LogP contribution in [0.15, 0.2) is 91.0 Å². The van der Waals surface area contributed by atoms with Gasteiger partial charge in [-0.25, -0.2) is 0 Å². The summed E-state index contributed by atoms with van der Waals surface area (Å²) >= 11 is 0. The van der Waals surface area contributed by atoms with Gasteiger partial charge in [0.05, 0.1) is 11.8 Å². The van der Waals surface area contributed by atoms with Crippen molar-refractivity contribution in [3.8, 4) is 22.6 Å². The number of carbonyl (C=O) groups excluding carboxylic acids is 2. The third-order valence-electron chi connectivity index (χ3n) is 6.84. The molecule has 8 heteroatoms. The number of aliphatic hydroxyl groups is 1. The van der Waals surface area contributed by atoms with Gasteiger partial charge in [0.15, 0.2) is 0 Å². The highest BCUT2D eigenvalue weighted by atomic mass is 16.3. The van der Waals surface area contributed by atoms with Gasteiger partial charge < -0.3 is 31.3 Å². The second-order valence-electron chi connectivity index (χ2n) is 10.6. The van der Waals surface area contributed by atoms with Crippen LogP contribution in [0.5, 0.6) is 11.5 Å². The Hall–Kier alpha value is -4.66. The fourth-order valence-corrected chi connectivity index (χ4v) is 4.58. The number of hydrogen-bond donors (Lipinski definition) is 6. The van der Waals surface area contributed by atoms with Crippen LogP contribution in [0.3, 0.4) is 0 Å². The molecule has 41 heavy (non-hydrogen) atoms. The number of phenolic OH excluding ortho intramolecular Hbond substituents is 2. The molecule has 0 unspecified atom stereocenters. The summed E-state index contributed by atoms with van der Waals surface area (Å²) in [5.74, 6) is -0.0120. The molecule has 212 valence electrons. The summed E-state index contributed by atoms with van der Waals surface area (Å²) in [5.41, 5.74) is 4.95. The van der Waals surface area contributed by atoms with Crippen LogP contribution in [0.25, 0.3) is 11.1 Å². The number of hydrogen-bond acceptors (Lipinski definition) is 6. The van der Waals surface area contributed by atoms with Gasteiger partial charge >= 0.3 is 0 Å². The molecule has 0 aliphatic heterocycles. The smallest absolute Gasteiger partial charge is 0.251 e. The van der Waals surface area contributed by atoms with Crippen molar-refractivity contribution in [2.45, 2.75) is 38.5 Å². The summed E-state index contributed by atoms with van der Waals surface area (Å²) < 4.78 is 0. The first-order valence-electron chi connectivity index (χ1n) is 13.4. The summed E-state index contributed by atoms with van der Waals surface area (Å²) in [6.07, 6.45) is 0.236. The summed E-state index contributed by atoms with van der Waals surface area (Å²) in [6.45, 7) is 4.68. The van der Waals surface area contributed by atoms with Crippen LogP contribution in [0.1, 0.15) is 47.0 Å². The van der Waals surface area contributed by atoms with Crippen LogP contribution in [0, 0.1) is 0 Å². The van der Waals surface area contributed by atoms with Gasteiger partial charge in [-0.05, 0) is 84.5 Å². The molecule has 0 fully saturated rings. The molecule has 4 aromatic carbocycles. The Bertz CT molecular complexity index is 1480. The maximum atomic E-state index is 12.9. The zero-order valence-corrected chi connectivity index (χ0v) is 23.1. The van der Waals surface area contributed by atoms with Crippen molar-refractivity contribution in [1.29, 1.82) is 0 Å². The Morgan fingerprint density at radius 3 is 2.24 bits per heavy atom. The molecule has 0 heterocycles. The number of benzene rings is 4. The molecular formula is C33H35N3O5. The van der Waals surface area contributed by atoms with Gasteiger partial charge in [-0.3, -0.25) is 9.59 Å². The van der Waals surface area contributed by atoms with Crippen LogP contribution in [0.4, 0.5) is 5.69 Å². The number of phenols is 2. The second-order valence-corrected chi connectivity index (χ2v) is 10.6. The lowest BCUT2D eigenvalue weighted by molar-refractivity contribution is -0.105. The highest BCUT2D eigenvalue weighted by molar-refractivity contribution is 5.94. The molecule has 2 amide bonds. The van der Waals surface area contributed by atoms with E-state index in [4.69, 9.17) is 0 Å². The van der Waals surface area contributed by atoms with E-state index in [0.717, 1.165) is 22.3 Å². The molecule has 4 aromatic rings. The SMILES string of the molecule is CC(C)(Cc1cccc(C(=O)NCc2ccc(-c3ccc(O)cc3)cc2)c1)NC[C@H](O)c1ccc(O)c(NC=O)c1. The predicted octanol–water partition coefficient (Wildman–Crippen LogP) is 4.91. The number of β-amino-alcohol motifs (C(OH)–C–C–N with tert-alkyl or cyclic N) is 1. The van der Waals surface area contributed by atoms with E-state index in [-0.39, 0.29) is 29.6 Å². The van der Waals surface area contributed by atoms with Gasteiger partial charge in [-0.15, -0.1) is 0 Å². The van der Waals surface area contributed by atoms with E-state index in [1.807, 2.05) is 68.4 Å². The van der Waals surface area contributed by atoms with Crippen molar-refractivity contribution in [1.82, 2.24) is 10.6 Å². The van der Waals surface area contributed by atoms with Crippen molar-refractivity contribution < 1.29 is 24.9 Å². The van der Waals surface area contributed by atoms with E-state index < -0.39 is 11.6 Å². The molecule has 0 aromatic heterocycles. The van der Waals surface area contributed by atoms with Crippen molar-refractivity contribution in [3.05, 3.63) is 113 Å². The standard InChI is InChI=1S/C33H35N3O5/c1-33(2,36-20-31(40)26-12-15-30(39)29(17-26)35-21-37)18-23-4-3-5-27(16-23)32(41)34-19-22-6-8-24(9-7-22)25-10-13-28(38)14-11-25/h3-17,21,31,36,38-40H,18-20H2,1-2H3,(H,34,41)(H,35,37)/t31-/m0/s1. The van der Waals surface area contributed by atoms with E-state index in [2.05, 4.69) is 16.0 Å². The molecule has 0 aliphatic rings. The Kier molecular flexibility index (Phi) is 9.39. The van der Waals surface area contributed by atoms with Crippen LogP contribution in [-0.2, 0) is 17.8 Å². The maximum Gasteiger partial charge on any atom is 0.251 e. The number of amides is 2. The zero-order valence-electron chi connectivity index (χ0n) is 23.1. The van der Waals surface area contributed by atoms with E-state index in [9.17, 15) is 24.9 Å². The molecule has 0 saturated heterocycles. The summed E-state index contributed by atoms with van der Waals surface area (Å²) in [5, 5.41) is 38.7. The monoisotopic (exact) mass is 553 g/mol. The van der Waals surface area contributed by atoms with E-state index >= 15 is 0 Å². The summed E-state index contributed by atoms with van der Waals surface area (Å²) in [6, 6.07) is 27.0. The highest BCUT2D eigenvalue weighted by Gasteiger charge is 2.21. The number of nitrogens with one attached hydrogen (secondary N) is 3. The second kappa shape index (κ2) is 13.1. The van der Waals surface area contributed by atoms with Crippen LogP contribution in [0.2, 0.25) is 0 Å². The first-order chi connectivity index (χ1) is 19.6. The Labute approximate surface area is 239 Å². The molecular weight excluding hydrogens is 518 g/mol. The summed E-state index contributed by atoms with van der Waals surface area (Å²) in [4.78, 5) is 23.6. The third-order valence-corrected chi connectivity index (χ3v) is 6.84. The van der Waals surface area contributed by atoms with E-state index in [0.29, 0.717) is 30.5 Å². The van der Waals surface area contributed by atoms with Crippen molar-refractivity contribution in [3.63, 3.8) is 0 Å². The highest BCUT2D eigenvalue weighted by Crippen LogP contribution is 2.27. The molecule has 4 rings (SSSR count). The lowest BCUT2D eigenvalue weighted by Crippen LogP contribution is -2.43. The average Bonchev–Trinajstić information content (AvgIpc) is 2.96. The zero-order chi connectivity index (χ0) is 29.4. The van der Waals surface area contributed by atoms with Crippen molar-refractivity contribution in [2.75, 3.05) is 11.9 Å². The molecule has 1 atom stereocenters. The molecule has 8 nitrogen and oxygen atoms in total. The molecule has 0 spiro atoms. The number of aliphatic hydroxyl groups excluding tert-OH is 1. The largest absolute Gasteiger partial charge is 0.508 e. The van der Waals surface area contributed by atoms with Gasteiger partial charge in [-0.1, -0.05) is 54.6 Å². The Morgan fingerprint density at radius 1 is 0.878 bits per heavy atom. The van der Waals surface area contributed by atoms with Gasteiger partial charge in [-0.2, -0.15) is 0 Å². The predicted molar refractivity (Wildman–Crippen MR) is 160 cm³/mol. The fraction of sp³-hybridized carbons (Fsp3) is 0.212. The van der Waals surface area contributed by atoms with Gasteiger partial charge in [0.25, 0.3) is 5.91 Å². The first kappa shape index (κ1) is 29.3.